The quantitative estimate of drug-likeness (QED) is 0.904. The number of carboxylic acids is 1. The maximum atomic E-state index is 10.8. The fraction of sp³-hybridized carbons (Fsp3) is 0.357. The Labute approximate surface area is 116 Å². The number of hydrogen-bond donors (Lipinski definition) is 1. The van der Waals surface area contributed by atoms with Crippen LogP contribution in [0.3, 0.4) is 0 Å². The lowest BCUT2D eigenvalue weighted by atomic mass is 10.1. The van der Waals surface area contributed by atoms with Crippen LogP contribution < -0.4 is 0 Å². The normalized spacial score (nSPS) is 14.5. The average molecular weight is 279 g/mol. The number of furan rings is 1. The predicted octanol–water partition coefficient (Wildman–Crippen LogP) is 3.79. The van der Waals surface area contributed by atoms with Gasteiger partial charge in [-0.1, -0.05) is 6.07 Å². The van der Waals surface area contributed by atoms with Crippen LogP contribution in [-0.2, 0) is 0 Å². The average Bonchev–Trinajstić information content (AvgIpc) is 3.06. The first-order valence-electron chi connectivity index (χ1n) is 6.09. The van der Waals surface area contributed by atoms with E-state index in [1.165, 1.54) is 10.9 Å². The molecule has 0 aromatic carbocycles. The highest BCUT2D eigenvalue weighted by atomic mass is 32.1. The highest BCUT2D eigenvalue weighted by molar-refractivity contribution is 7.10. The van der Waals surface area contributed by atoms with Crippen LogP contribution in [0, 0.1) is 0 Å². The minimum absolute atomic E-state index is 0.0148. The lowest BCUT2D eigenvalue weighted by Gasteiger charge is -2.28. The first kappa shape index (κ1) is 13.8. The summed E-state index contributed by atoms with van der Waals surface area (Å²) in [6.07, 6.45) is 0. The Morgan fingerprint density at radius 3 is 2.58 bits per heavy atom. The van der Waals surface area contributed by atoms with Crippen LogP contribution in [0.4, 0.5) is 0 Å². The second-order valence-corrected chi connectivity index (χ2v) is 5.52. The zero-order valence-electron chi connectivity index (χ0n) is 11.2. The van der Waals surface area contributed by atoms with Crippen LogP contribution in [0.2, 0.25) is 0 Å². The first-order chi connectivity index (χ1) is 9.00. The summed E-state index contributed by atoms with van der Waals surface area (Å²) in [7, 11) is 2.01. The van der Waals surface area contributed by atoms with E-state index < -0.39 is 5.97 Å². The van der Waals surface area contributed by atoms with E-state index in [-0.39, 0.29) is 17.8 Å². The molecule has 4 nitrogen and oxygen atoms in total. The number of nitrogens with zero attached hydrogens (tertiary/aromatic N) is 1. The SMILES string of the molecule is CC(c1ccc(C(=O)O)o1)N(C)C(C)c1cccs1. The minimum Gasteiger partial charge on any atom is -0.475 e. The summed E-state index contributed by atoms with van der Waals surface area (Å²) in [6.45, 7) is 4.14. The molecular formula is C14H17NO3S. The third-order valence-corrected chi connectivity index (χ3v) is 4.47. The molecule has 0 fully saturated rings. The number of hydrogen-bond acceptors (Lipinski definition) is 4. The smallest absolute Gasteiger partial charge is 0.371 e. The largest absolute Gasteiger partial charge is 0.475 e. The van der Waals surface area contributed by atoms with Crippen molar-refractivity contribution in [3.8, 4) is 0 Å². The van der Waals surface area contributed by atoms with E-state index in [1.807, 2.05) is 20.0 Å². The molecule has 2 atom stereocenters. The molecule has 2 unspecified atom stereocenters. The fourth-order valence-corrected chi connectivity index (χ4v) is 2.79. The Balaban J connectivity index is 2.13. The van der Waals surface area contributed by atoms with E-state index in [1.54, 1.807) is 17.4 Å². The molecule has 0 aliphatic carbocycles. The predicted molar refractivity (Wildman–Crippen MR) is 74.6 cm³/mol. The molecule has 0 amide bonds. The van der Waals surface area contributed by atoms with Crippen molar-refractivity contribution in [3.63, 3.8) is 0 Å². The maximum absolute atomic E-state index is 10.8. The zero-order chi connectivity index (χ0) is 14.0. The maximum Gasteiger partial charge on any atom is 0.371 e. The third-order valence-electron chi connectivity index (χ3n) is 3.43. The molecule has 0 aliphatic rings. The summed E-state index contributed by atoms with van der Waals surface area (Å²) in [6, 6.07) is 7.63. The second kappa shape index (κ2) is 5.59. The molecule has 102 valence electrons. The van der Waals surface area contributed by atoms with Crippen molar-refractivity contribution >= 4 is 17.3 Å². The van der Waals surface area contributed by atoms with E-state index in [2.05, 4.69) is 23.3 Å². The summed E-state index contributed by atoms with van der Waals surface area (Å²) in [4.78, 5) is 14.3. The van der Waals surface area contributed by atoms with Crippen molar-refractivity contribution < 1.29 is 14.3 Å². The number of carboxylic acid groups (broad SMARTS) is 1. The topological polar surface area (TPSA) is 53.7 Å². The fourth-order valence-electron chi connectivity index (χ4n) is 1.96. The van der Waals surface area contributed by atoms with Crippen LogP contribution in [-0.4, -0.2) is 23.0 Å². The van der Waals surface area contributed by atoms with Crippen molar-refractivity contribution in [2.45, 2.75) is 25.9 Å². The molecule has 19 heavy (non-hydrogen) atoms. The lowest BCUT2D eigenvalue weighted by molar-refractivity contribution is 0.0655. The molecule has 0 bridgehead atoms. The van der Waals surface area contributed by atoms with Crippen molar-refractivity contribution in [2.24, 2.45) is 0 Å². The number of thiophene rings is 1. The summed E-state index contributed by atoms with van der Waals surface area (Å²) < 4.78 is 5.36. The van der Waals surface area contributed by atoms with Gasteiger partial charge in [-0.05, 0) is 44.5 Å². The molecule has 0 saturated carbocycles. The number of rotatable bonds is 5. The van der Waals surface area contributed by atoms with E-state index in [0.717, 1.165) is 0 Å². The van der Waals surface area contributed by atoms with E-state index in [9.17, 15) is 4.79 Å². The summed E-state index contributed by atoms with van der Waals surface area (Å²) in [5.74, 6) is -0.380. The standard InChI is InChI=1S/C14H17NO3S/c1-9(11-6-7-12(18-11)14(16)17)15(3)10(2)13-5-4-8-19-13/h4-10H,1-3H3,(H,16,17). The van der Waals surface area contributed by atoms with Gasteiger partial charge in [0.15, 0.2) is 0 Å². The van der Waals surface area contributed by atoms with Crippen LogP contribution in [0.25, 0.3) is 0 Å². The Morgan fingerprint density at radius 2 is 2.05 bits per heavy atom. The molecule has 0 spiro atoms. The molecule has 2 aromatic rings. The molecule has 2 rings (SSSR count). The van der Waals surface area contributed by atoms with E-state index in [4.69, 9.17) is 9.52 Å². The van der Waals surface area contributed by atoms with Gasteiger partial charge in [0.05, 0.1) is 6.04 Å². The van der Waals surface area contributed by atoms with Gasteiger partial charge in [-0.2, -0.15) is 0 Å². The Kier molecular flexibility index (Phi) is 4.07. The highest BCUT2D eigenvalue weighted by Gasteiger charge is 2.22. The second-order valence-electron chi connectivity index (χ2n) is 4.54. The van der Waals surface area contributed by atoms with Crippen molar-refractivity contribution in [2.75, 3.05) is 7.05 Å². The van der Waals surface area contributed by atoms with Crippen LogP contribution >= 0.6 is 11.3 Å². The minimum atomic E-state index is -1.03. The summed E-state index contributed by atoms with van der Waals surface area (Å²) in [5.41, 5.74) is 0. The zero-order valence-corrected chi connectivity index (χ0v) is 12.0. The van der Waals surface area contributed by atoms with Gasteiger partial charge in [-0.25, -0.2) is 4.79 Å². The Bertz CT molecular complexity index is 547. The third kappa shape index (κ3) is 2.88. The van der Waals surface area contributed by atoms with Gasteiger partial charge in [0.1, 0.15) is 5.76 Å². The van der Waals surface area contributed by atoms with E-state index >= 15 is 0 Å². The van der Waals surface area contributed by atoms with Gasteiger partial charge in [-0.3, -0.25) is 4.90 Å². The first-order valence-corrected chi connectivity index (χ1v) is 6.97. The Morgan fingerprint density at radius 1 is 1.32 bits per heavy atom. The molecule has 0 saturated heterocycles. The van der Waals surface area contributed by atoms with Crippen molar-refractivity contribution in [3.05, 3.63) is 46.0 Å². The summed E-state index contributed by atoms with van der Waals surface area (Å²) in [5, 5.41) is 10.9. The van der Waals surface area contributed by atoms with Crippen molar-refractivity contribution in [1.82, 2.24) is 4.90 Å². The highest BCUT2D eigenvalue weighted by Crippen LogP contribution is 2.31. The van der Waals surface area contributed by atoms with Gasteiger partial charge in [0, 0.05) is 10.9 Å². The van der Waals surface area contributed by atoms with Gasteiger partial charge in [-0.15, -0.1) is 11.3 Å². The van der Waals surface area contributed by atoms with Gasteiger partial charge >= 0.3 is 5.97 Å². The number of carbonyl (C=O) groups is 1. The molecule has 0 aliphatic heterocycles. The monoisotopic (exact) mass is 279 g/mol. The van der Waals surface area contributed by atoms with Gasteiger partial charge in [0.2, 0.25) is 5.76 Å². The molecule has 5 heteroatoms. The van der Waals surface area contributed by atoms with Crippen LogP contribution in [0.15, 0.2) is 34.1 Å². The number of aromatic carboxylic acids is 1. The molecule has 1 N–H and O–H groups in total. The molecule has 2 aromatic heterocycles. The Hall–Kier alpha value is -1.59. The molecule has 2 heterocycles. The van der Waals surface area contributed by atoms with Crippen molar-refractivity contribution in [1.29, 1.82) is 0 Å². The lowest BCUT2D eigenvalue weighted by Crippen LogP contribution is -2.25. The van der Waals surface area contributed by atoms with Gasteiger partial charge in [0.25, 0.3) is 0 Å². The van der Waals surface area contributed by atoms with Crippen LogP contribution in [0.1, 0.15) is 47.1 Å². The van der Waals surface area contributed by atoms with Gasteiger partial charge < -0.3 is 9.52 Å². The van der Waals surface area contributed by atoms with E-state index in [0.29, 0.717) is 5.76 Å². The van der Waals surface area contributed by atoms with Crippen LogP contribution in [0.5, 0.6) is 0 Å². The molecule has 0 radical (unpaired) electrons. The molecular weight excluding hydrogens is 262 g/mol. The summed E-state index contributed by atoms with van der Waals surface area (Å²) >= 11 is 1.72.